The zero-order valence-corrected chi connectivity index (χ0v) is 14.8. The summed E-state index contributed by atoms with van der Waals surface area (Å²) < 4.78 is 11.9. The standard InChI is InChI=1S/C15H18BrN3O4/c1-14(2,3)23-13(21)19-10-6-9(16)7-18-11(10)22-15(12(19)20)4-5-17-8-15/h6-7,17H,4-5,8H2,1-3H3. The number of anilines is 1. The zero-order valence-electron chi connectivity index (χ0n) is 13.2. The lowest BCUT2D eigenvalue weighted by molar-refractivity contribution is -0.133. The van der Waals surface area contributed by atoms with E-state index in [4.69, 9.17) is 9.47 Å². The van der Waals surface area contributed by atoms with E-state index in [1.165, 1.54) is 0 Å². The van der Waals surface area contributed by atoms with E-state index < -0.39 is 23.2 Å². The van der Waals surface area contributed by atoms with Crippen LogP contribution in [0.5, 0.6) is 5.88 Å². The average molecular weight is 384 g/mol. The van der Waals surface area contributed by atoms with E-state index >= 15 is 0 Å². The van der Waals surface area contributed by atoms with E-state index in [-0.39, 0.29) is 11.6 Å². The lowest BCUT2D eigenvalue weighted by Crippen LogP contribution is -2.59. The lowest BCUT2D eigenvalue weighted by atomic mass is 9.99. The fourth-order valence-electron chi connectivity index (χ4n) is 2.62. The summed E-state index contributed by atoms with van der Waals surface area (Å²) >= 11 is 3.30. The molecule has 3 heterocycles. The number of aromatic nitrogens is 1. The zero-order chi connectivity index (χ0) is 16.8. The van der Waals surface area contributed by atoms with Gasteiger partial charge in [-0.1, -0.05) is 0 Å². The highest BCUT2D eigenvalue weighted by atomic mass is 79.9. The Hall–Kier alpha value is -1.67. The van der Waals surface area contributed by atoms with Crippen LogP contribution < -0.4 is 15.0 Å². The van der Waals surface area contributed by atoms with Gasteiger partial charge in [-0.3, -0.25) is 4.79 Å². The quantitative estimate of drug-likeness (QED) is 0.739. The first-order valence-electron chi connectivity index (χ1n) is 7.35. The third-order valence-corrected chi connectivity index (χ3v) is 4.05. The summed E-state index contributed by atoms with van der Waals surface area (Å²) in [5, 5.41) is 3.10. The summed E-state index contributed by atoms with van der Waals surface area (Å²) in [5.41, 5.74) is -1.53. The van der Waals surface area contributed by atoms with E-state index in [0.717, 1.165) is 4.90 Å². The molecule has 124 valence electrons. The minimum absolute atomic E-state index is 0.252. The SMILES string of the molecule is CC(C)(C)OC(=O)N1C(=O)C2(CCNC2)Oc2ncc(Br)cc21. The first kappa shape index (κ1) is 16.2. The van der Waals surface area contributed by atoms with Crippen molar-refractivity contribution < 1.29 is 19.1 Å². The summed E-state index contributed by atoms with van der Waals surface area (Å²) in [6.07, 6.45) is 1.32. The molecule has 1 fully saturated rings. The summed E-state index contributed by atoms with van der Waals surface area (Å²) in [6.45, 7) is 6.23. The van der Waals surface area contributed by atoms with Crippen molar-refractivity contribution in [2.75, 3.05) is 18.0 Å². The Kier molecular flexibility index (Phi) is 3.84. The molecule has 0 saturated carbocycles. The first-order valence-corrected chi connectivity index (χ1v) is 8.14. The molecule has 2 aliphatic rings. The Morgan fingerprint density at radius 1 is 1.52 bits per heavy atom. The maximum atomic E-state index is 13.0. The highest BCUT2D eigenvalue weighted by Gasteiger charge is 2.53. The van der Waals surface area contributed by atoms with Crippen LogP contribution >= 0.6 is 15.9 Å². The molecular formula is C15H18BrN3O4. The van der Waals surface area contributed by atoms with Gasteiger partial charge in [0, 0.05) is 23.6 Å². The Bertz CT molecular complexity index is 665. The third kappa shape index (κ3) is 2.92. The van der Waals surface area contributed by atoms with Crippen molar-refractivity contribution in [2.45, 2.75) is 38.4 Å². The van der Waals surface area contributed by atoms with Crippen LogP contribution in [0, 0.1) is 0 Å². The fourth-order valence-corrected chi connectivity index (χ4v) is 2.94. The number of carbonyl (C=O) groups excluding carboxylic acids is 2. The molecule has 0 radical (unpaired) electrons. The number of ether oxygens (including phenoxy) is 2. The summed E-state index contributed by atoms with van der Waals surface area (Å²) in [7, 11) is 0. The molecule has 2 amide bonds. The van der Waals surface area contributed by atoms with Gasteiger partial charge >= 0.3 is 6.09 Å². The number of hydrogen-bond acceptors (Lipinski definition) is 6. The van der Waals surface area contributed by atoms with Crippen LogP contribution in [-0.2, 0) is 9.53 Å². The maximum Gasteiger partial charge on any atom is 0.422 e. The van der Waals surface area contributed by atoms with Gasteiger partial charge < -0.3 is 14.8 Å². The Labute approximate surface area is 142 Å². The number of nitrogens with one attached hydrogen (secondary N) is 1. The second-order valence-electron chi connectivity index (χ2n) is 6.62. The molecule has 2 aliphatic heterocycles. The molecule has 0 aliphatic carbocycles. The van der Waals surface area contributed by atoms with Crippen molar-refractivity contribution in [3.63, 3.8) is 0 Å². The molecule has 1 aromatic heterocycles. The molecule has 1 atom stereocenters. The van der Waals surface area contributed by atoms with Crippen molar-refractivity contribution in [2.24, 2.45) is 0 Å². The monoisotopic (exact) mass is 383 g/mol. The highest BCUT2D eigenvalue weighted by molar-refractivity contribution is 9.10. The van der Waals surface area contributed by atoms with Gasteiger partial charge in [0.05, 0.1) is 0 Å². The second-order valence-corrected chi connectivity index (χ2v) is 7.54. The summed E-state index contributed by atoms with van der Waals surface area (Å²) in [6, 6.07) is 1.62. The molecule has 7 nitrogen and oxygen atoms in total. The van der Waals surface area contributed by atoms with Gasteiger partial charge in [0.25, 0.3) is 5.91 Å². The first-order chi connectivity index (χ1) is 10.7. The van der Waals surface area contributed by atoms with E-state index in [1.54, 1.807) is 33.0 Å². The molecule has 3 rings (SSSR count). The number of pyridine rings is 1. The molecule has 8 heteroatoms. The number of fused-ring (bicyclic) bond motifs is 1. The highest BCUT2D eigenvalue weighted by Crippen LogP contribution is 2.40. The number of nitrogens with zero attached hydrogens (tertiary/aromatic N) is 2. The van der Waals surface area contributed by atoms with Crippen molar-refractivity contribution in [1.82, 2.24) is 10.3 Å². The number of halogens is 1. The number of rotatable bonds is 0. The fraction of sp³-hybridized carbons (Fsp3) is 0.533. The minimum Gasteiger partial charge on any atom is -0.458 e. The topological polar surface area (TPSA) is 80.8 Å². The maximum absolute atomic E-state index is 13.0. The van der Waals surface area contributed by atoms with E-state index in [2.05, 4.69) is 26.2 Å². The molecule has 1 spiro atoms. The summed E-state index contributed by atoms with van der Waals surface area (Å²) in [4.78, 5) is 30.8. The predicted molar refractivity (Wildman–Crippen MR) is 86.5 cm³/mol. The van der Waals surface area contributed by atoms with Crippen molar-refractivity contribution in [1.29, 1.82) is 0 Å². The Morgan fingerprint density at radius 3 is 2.87 bits per heavy atom. The Balaban J connectivity index is 2.06. The number of imide groups is 1. The van der Waals surface area contributed by atoms with Crippen molar-refractivity contribution in [3.8, 4) is 5.88 Å². The molecule has 1 aromatic rings. The van der Waals surface area contributed by atoms with Gasteiger partial charge in [0.15, 0.2) is 0 Å². The Morgan fingerprint density at radius 2 is 2.26 bits per heavy atom. The van der Waals surface area contributed by atoms with Crippen molar-refractivity contribution in [3.05, 3.63) is 16.7 Å². The van der Waals surface area contributed by atoms with Gasteiger partial charge in [-0.25, -0.2) is 14.7 Å². The van der Waals surface area contributed by atoms with Crippen LogP contribution in [0.15, 0.2) is 16.7 Å². The van der Waals surface area contributed by atoms with E-state index in [1.807, 2.05) is 0 Å². The van der Waals surface area contributed by atoms with Gasteiger partial charge in [0.2, 0.25) is 11.5 Å². The average Bonchev–Trinajstić information content (AvgIpc) is 2.88. The molecule has 0 aromatic carbocycles. The van der Waals surface area contributed by atoms with Gasteiger partial charge in [-0.05, 0) is 49.3 Å². The van der Waals surface area contributed by atoms with E-state index in [0.29, 0.717) is 24.0 Å². The van der Waals surface area contributed by atoms with Crippen LogP contribution in [0.1, 0.15) is 27.2 Å². The second kappa shape index (κ2) is 5.45. The molecule has 23 heavy (non-hydrogen) atoms. The van der Waals surface area contributed by atoms with Crippen LogP contribution in [0.4, 0.5) is 10.5 Å². The van der Waals surface area contributed by atoms with Crippen molar-refractivity contribution >= 4 is 33.6 Å². The molecule has 1 unspecified atom stereocenters. The number of carbonyl (C=O) groups is 2. The molecular weight excluding hydrogens is 366 g/mol. The largest absolute Gasteiger partial charge is 0.458 e. The van der Waals surface area contributed by atoms with Crippen LogP contribution in [-0.4, -0.2) is 41.3 Å². The smallest absolute Gasteiger partial charge is 0.422 e. The molecule has 1 N–H and O–H groups in total. The molecule has 1 saturated heterocycles. The predicted octanol–water partition coefficient (Wildman–Crippen LogP) is 2.24. The van der Waals surface area contributed by atoms with Crippen LogP contribution in [0.25, 0.3) is 0 Å². The lowest BCUT2D eigenvalue weighted by Gasteiger charge is -2.38. The van der Waals surface area contributed by atoms with E-state index in [9.17, 15) is 9.59 Å². The molecule has 0 bridgehead atoms. The van der Waals surface area contributed by atoms with Crippen LogP contribution in [0.2, 0.25) is 0 Å². The minimum atomic E-state index is -1.11. The third-order valence-electron chi connectivity index (χ3n) is 3.62. The van der Waals surface area contributed by atoms with Gasteiger partial charge in [-0.2, -0.15) is 0 Å². The normalized spacial score (nSPS) is 23.7. The van der Waals surface area contributed by atoms with Gasteiger partial charge in [-0.15, -0.1) is 0 Å². The summed E-state index contributed by atoms with van der Waals surface area (Å²) in [5.74, 6) is -0.175. The van der Waals surface area contributed by atoms with Crippen LogP contribution in [0.3, 0.4) is 0 Å². The number of hydrogen-bond donors (Lipinski definition) is 1. The number of amides is 2. The van der Waals surface area contributed by atoms with Gasteiger partial charge in [0.1, 0.15) is 11.3 Å².